The molecule has 0 bridgehead atoms. The van der Waals surface area contributed by atoms with Gasteiger partial charge < -0.3 is 4.90 Å². The minimum atomic E-state index is -0.934. The summed E-state index contributed by atoms with van der Waals surface area (Å²) in [4.78, 5) is 14.0. The summed E-state index contributed by atoms with van der Waals surface area (Å²) in [5.41, 5.74) is -1.23. The van der Waals surface area contributed by atoms with Gasteiger partial charge >= 0.3 is 0 Å². The Balaban J connectivity index is 5.19. The van der Waals surface area contributed by atoms with E-state index in [1.54, 1.807) is 17.9 Å². The molecule has 0 aliphatic carbocycles. The van der Waals surface area contributed by atoms with Gasteiger partial charge in [0.1, 0.15) is 5.41 Å². The Morgan fingerprint density at radius 2 is 1.94 bits per heavy atom. The quantitative estimate of drug-likeness (QED) is 0.686. The highest BCUT2D eigenvalue weighted by atomic mass is 16.2. The number of amides is 1. The Morgan fingerprint density at radius 1 is 1.44 bits per heavy atom. The summed E-state index contributed by atoms with van der Waals surface area (Å²) in [5, 5.41) is 9.12. The number of carbonyl (C=O) groups is 1. The Kier molecular flexibility index (Phi) is 4.74. The fraction of sp³-hybridized carbons (Fsp3) is 0.692. The molecule has 0 saturated carbocycles. The molecule has 90 valence electrons. The van der Waals surface area contributed by atoms with E-state index in [1.807, 2.05) is 27.7 Å². The Morgan fingerprint density at radius 3 is 2.19 bits per heavy atom. The molecule has 0 heterocycles. The third-order valence-corrected chi connectivity index (χ3v) is 2.79. The lowest BCUT2D eigenvalue weighted by Crippen LogP contribution is -2.51. The van der Waals surface area contributed by atoms with Crippen LogP contribution in [0.2, 0.25) is 0 Å². The van der Waals surface area contributed by atoms with Crippen molar-refractivity contribution in [3.63, 3.8) is 0 Å². The van der Waals surface area contributed by atoms with Gasteiger partial charge in [0.05, 0.1) is 6.07 Å². The van der Waals surface area contributed by atoms with Crippen molar-refractivity contribution in [2.24, 2.45) is 5.41 Å². The molecule has 0 aromatic carbocycles. The zero-order valence-electron chi connectivity index (χ0n) is 11.0. The van der Waals surface area contributed by atoms with Crippen LogP contribution in [0.3, 0.4) is 0 Å². The minimum Gasteiger partial charge on any atom is -0.333 e. The molecule has 0 rings (SSSR count). The van der Waals surface area contributed by atoms with Gasteiger partial charge in [0.2, 0.25) is 5.91 Å². The normalized spacial score (nSPS) is 14.8. The summed E-state index contributed by atoms with van der Waals surface area (Å²) < 4.78 is 0. The van der Waals surface area contributed by atoms with Gasteiger partial charge in [0, 0.05) is 12.1 Å². The number of nitriles is 1. The Labute approximate surface area is 98.7 Å². The van der Waals surface area contributed by atoms with E-state index in [-0.39, 0.29) is 11.4 Å². The average molecular weight is 222 g/mol. The van der Waals surface area contributed by atoms with E-state index in [2.05, 4.69) is 12.6 Å². The molecule has 1 unspecified atom stereocenters. The highest BCUT2D eigenvalue weighted by molar-refractivity contribution is 5.85. The lowest BCUT2D eigenvalue weighted by Gasteiger charge is -2.38. The Bertz CT molecular complexity index is 309. The van der Waals surface area contributed by atoms with Gasteiger partial charge in [-0.1, -0.05) is 13.0 Å². The first-order valence-electron chi connectivity index (χ1n) is 5.57. The van der Waals surface area contributed by atoms with Gasteiger partial charge in [0.25, 0.3) is 0 Å². The van der Waals surface area contributed by atoms with Crippen LogP contribution in [0, 0.1) is 16.7 Å². The van der Waals surface area contributed by atoms with Gasteiger partial charge in [-0.25, -0.2) is 0 Å². The van der Waals surface area contributed by atoms with Crippen molar-refractivity contribution in [2.45, 2.75) is 46.6 Å². The second-order valence-electron chi connectivity index (χ2n) is 5.17. The highest BCUT2D eigenvalue weighted by Crippen LogP contribution is 2.27. The third-order valence-electron chi connectivity index (χ3n) is 2.79. The van der Waals surface area contributed by atoms with Crippen LogP contribution in [0.5, 0.6) is 0 Å². The zero-order valence-corrected chi connectivity index (χ0v) is 11.0. The molecule has 3 heteroatoms. The first-order chi connectivity index (χ1) is 7.22. The van der Waals surface area contributed by atoms with Crippen LogP contribution in [0.15, 0.2) is 12.7 Å². The maximum Gasteiger partial charge on any atom is 0.243 e. The summed E-state index contributed by atoms with van der Waals surface area (Å²) >= 11 is 0. The minimum absolute atomic E-state index is 0.120. The third kappa shape index (κ3) is 3.10. The number of hydrogen-bond donors (Lipinski definition) is 0. The monoisotopic (exact) mass is 222 g/mol. The molecule has 1 atom stereocenters. The molecule has 16 heavy (non-hydrogen) atoms. The molecule has 1 amide bonds. The fourth-order valence-electron chi connectivity index (χ4n) is 1.37. The second kappa shape index (κ2) is 5.16. The predicted molar refractivity (Wildman–Crippen MR) is 65.7 cm³/mol. The molecule has 3 nitrogen and oxygen atoms in total. The number of carbonyl (C=O) groups excluding carboxylic acids is 1. The molecule has 0 aromatic heterocycles. The number of rotatable bonds is 4. The van der Waals surface area contributed by atoms with E-state index >= 15 is 0 Å². The maximum absolute atomic E-state index is 12.3. The molecule has 0 spiro atoms. The van der Waals surface area contributed by atoms with Crippen LogP contribution in [-0.2, 0) is 4.79 Å². The van der Waals surface area contributed by atoms with E-state index in [0.29, 0.717) is 13.0 Å². The molecule has 0 aliphatic rings. The number of nitrogens with zero attached hydrogens (tertiary/aromatic N) is 2. The molecule has 0 N–H and O–H groups in total. The maximum atomic E-state index is 12.3. The van der Waals surface area contributed by atoms with Crippen LogP contribution < -0.4 is 0 Å². The molecular formula is C13H22N2O. The largest absolute Gasteiger partial charge is 0.333 e. The van der Waals surface area contributed by atoms with Crippen LogP contribution in [0.4, 0.5) is 0 Å². The molecule has 0 radical (unpaired) electrons. The van der Waals surface area contributed by atoms with E-state index in [9.17, 15) is 4.79 Å². The summed E-state index contributed by atoms with van der Waals surface area (Å²) in [6, 6.07) is 2.11. The first-order valence-corrected chi connectivity index (χ1v) is 5.57. The predicted octanol–water partition coefficient (Wildman–Crippen LogP) is 2.74. The summed E-state index contributed by atoms with van der Waals surface area (Å²) in [7, 11) is 0. The van der Waals surface area contributed by atoms with Gasteiger partial charge in [-0.2, -0.15) is 5.26 Å². The number of hydrogen-bond acceptors (Lipinski definition) is 2. The molecular weight excluding hydrogens is 200 g/mol. The molecule has 0 saturated heterocycles. The van der Waals surface area contributed by atoms with Crippen molar-refractivity contribution in [2.75, 3.05) is 6.54 Å². The van der Waals surface area contributed by atoms with Gasteiger partial charge in [-0.15, -0.1) is 6.58 Å². The fourth-order valence-corrected chi connectivity index (χ4v) is 1.37. The van der Waals surface area contributed by atoms with Gasteiger partial charge in [0.15, 0.2) is 0 Å². The topological polar surface area (TPSA) is 44.1 Å². The van der Waals surface area contributed by atoms with Crippen LogP contribution >= 0.6 is 0 Å². The smallest absolute Gasteiger partial charge is 0.243 e. The van der Waals surface area contributed by atoms with Gasteiger partial charge in [-0.3, -0.25) is 4.79 Å². The van der Waals surface area contributed by atoms with E-state index < -0.39 is 5.41 Å². The zero-order chi connectivity index (χ0) is 13.0. The van der Waals surface area contributed by atoms with E-state index in [0.717, 1.165) is 0 Å². The van der Waals surface area contributed by atoms with E-state index in [4.69, 9.17) is 5.26 Å². The lowest BCUT2D eigenvalue weighted by molar-refractivity contribution is -0.142. The van der Waals surface area contributed by atoms with Gasteiger partial charge in [-0.05, 0) is 34.1 Å². The summed E-state index contributed by atoms with van der Waals surface area (Å²) in [6.45, 7) is 13.6. The van der Waals surface area contributed by atoms with Crippen molar-refractivity contribution < 1.29 is 4.79 Å². The van der Waals surface area contributed by atoms with Crippen molar-refractivity contribution in [3.8, 4) is 6.07 Å². The Hall–Kier alpha value is -1.30. The molecule has 0 fully saturated rings. The highest BCUT2D eigenvalue weighted by Gasteiger charge is 2.38. The average Bonchev–Trinajstić information content (AvgIpc) is 2.22. The second-order valence-corrected chi connectivity index (χ2v) is 5.17. The van der Waals surface area contributed by atoms with Crippen molar-refractivity contribution >= 4 is 5.91 Å². The summed E-state index contributed by atoms with van der Waals surface area (Å²) in [5.74, 6) is -0.120. The van der Waals surface area contributed by atoms with Crippen molar-refractivity contribution in [1.82, 2.24) is 4.90 Å². The SMILES string of the molecule is C=CCN(C(=O)C(C)(C#N)CC)C(C)(C)C. The van der Waals surface area contributed by atoms with Crippen LogP contribution in [0.1, 0.15) is 41.0 Å². The molecule has 0 aromatic rings. The lowest BCUT2D eigenvalue weighted by atomic mass is 9.86. The van der Waals surface area contributed by atoms with Crippen LogP contribution in [-0.4, -0.2) is 22.9 Å². The van der Waals surface area contributed by atoms with E-state index in [1.165, 1.54) is 0 Å². The van der Waals surface area contributed by atoms with Crippen molar-refractivity contribution in [1.29, 1.82) is 5.26 Å². The van der Waals surface area contributed by atoms with Crippen LogP contribution in [0.25, 0.3) is 0 Å². The van der Waals surface area contributed by atoms with Crippen molar-refractivity contribution in [3.05, 3.63) is 12.7 Å². The summed E-state index contributed by atoms with van der Waals surface area (Å²) in [6.07, 6.45) is 2.21. The molecule has 0 aliphatic heterocycles. The standard InChI is InChI=1S/C13H22N2O/c1-7-9-15(12(3,4)5)11(16)13(6,8-2)10-14/h7H,1,8-9H2,2-6H3. The first kappa shape index (κ1) is 14.7.